The second-order valence-electron chi connectivity index (χ2n) is 5.78. The lowest BCUT2D eigenvalue weighted by molar-refractivity contribution is -0.123. The molecule has 1 rings (SSSR count). The van der Waals surface area contributed by atoms with Gasteiger partial charge in [0.2, 0.25) is 5.91 Å². The minimum atomic E-state index is -0.138. The molecule has 20 heavy (non-hydrogen) atoms. The Morgan fingerprint density at radius 2 is 1.75 bits per heavy atom. The van der Waals surface area contributed by atoms with Crippen LogP contribution in [0.4, 0.5) is 0 Å². The Kier molecular flexibility index (Phi) is 6.73. The molecule has 112 valence electrons. The standard InChI is InChI=1S/C17H28N2O/c1-6-14-7-9-15(10-8-14)13(4)19-16(11-12(2)3)17(20)18-5/h7-10,12-13,16,19H,6,11H2,1-5H3,(H,18,20). The van der Waals surface area contributed by atoms with Gasteiger partial charge in [0.1, 0.15) is 0 Å². The van der Waals surface area contributed by atoms with Crippen molar-refractivity contribution in [3.8, 4) is 0 Å². The van der Waals surface area contributed by atoms with Crippen LogP contribution in [0.15, 0.2) is 24.3 Å². The molecule has 1 amide bonds. The molecule has 0 bridgehead atoms. The van der Waals surface area contributed by atoms with Crippen molar-refractivity contribution >= 4 is 5.91 Å². The summed E-state index contributed by atoms with van der Waals surface area (Å²) in [5.41, 5.74) is 2.56. The topological polar surface area (TPSA) is 41.1 Å². The molecule has 0 saturated heterocycles. The van der Waals surface area contributed by atoms with E-state index >= 15 is 0 Å². The Balaban J connectivity index is 2.73. The highest BCUT2D eigenvalue weighted by Crippen LogP contribution is 2.16. The molecule has 0 aromatic heterocycles. The zero-order chi connectivity index (χ0) is 15.1. The van der Waals surface area contributed by atoms with E-state index in [4.69, 9.17) is 0 Å². The van der Waals surface area contributed by atoms with Crippen LogP contribution in [-0.2, 0) is 11.2 Å². The second-order valence-corrected chi connectivity index (χ2v) is 5.78. The minimum absolute atomic E-state index is 0.0655. The van der Waals surface area contributed by atoms with Crippen molar-refractivity contribution in [3.05, 3.63) is 35.4 Å². The normalized spacial score (nSPS) is 14.1. The van der Waals surface area contributed by atoms with Crippen molar-refractivity contribution in [2.45, 2.75) is 52.6 Å². The summed E-state index contributed by atoms with van der Waals surface area (Å²) >= 11 is 0. The fraction of sp³-hybridized carbons (Fsp3) is 0.588. The summed E-state index contributed by atoms with van der Waals surface area (Å²) in [4.78, 5) is 11.9. The molecular formula is C17H28N2O. The molecule has 1 aromatic rings. The van der Waals surface area contributed by atoms with Crippen LogP contribution in [0, 0.1) is 5.92 Å². The average molecular weight is 276 g/mol. The average Bonchev–Trinajstić information content (AvgIpc) is 2.45. The summed E-state index contributed by atoms with van der Waals surface area (Å²) in [5, 5.41) is 6.18. The van der Waals surface area contributed by atoms with Crippen molar-refractivity contribution in [1.29, 1.82) is 0 Å². The summed E-state index contributed by atoms with van der Waals surface area (Å²) in [6, 6.07) is 8.64. The molecule has 0 spiro atoms. The van der Waals surface area contributed by atoms with Crippen LogP contribution in [0.3, 0.4) is 0 Å². The number of rotatable bonds is 7. The molecule has 0 aliphatic carbocycles. The summed E-state index contributed by atoms with van der Waals surface area (Å²) in [6.45, 7) is 8.54. The molecule has 0 saturated carbocycles. The first-order valence-electron chi connectivity index (χ1n) is 7.54. The van der Waals surface area contributed by atoms with Crippen molar-refractivity contribution in [2.75, 3.05) is 7.05 Å². The number of benzene rings is 1. The number of amides is 1. The number of carbonyl (C=O) groups excluding carboxylic acids is 1. The van der Waals surface area contributed by atoms with Gasteiger partial charge in [0.15, 0.2) is 0 Å². The van der Waals surface area contributed by atoms with Crippen LogP contribution in [0.2, 0.25) is 0 Å². The predicted octanol–water partition coefficient (Wildman–Crippen LogP) is 3.06. The first-order chi connectivity index (χ1) is 9.47. The molecule has 2 N–H and O–H groups in total. The highest BCUT2D eigenvalue weighted by molar-refractivity contribution is 5.81. The van der Waals surface area contributed by atoms with E-state index in [2.05, 4.69) is 62.6 Å². The highest BCUT2D eigenvalue weighted by atomic mass is 16.2. The monoisotopic (exact) mass is 276 g/mol. The number of nitrogens with one attached hydrogen (secondary N) is 2. The Morgan fingerprint density at radius 3 is 2.20 bits per heavy atom. The molecule has 2 atom stereocenters. The summed E-state index contributed by atoms with van der Waals surface area (Å²) < 4.78 is 0. The van der Waals surface area contributed by atoms with E-state index in [0.717, 1.165) is 12.8 Å². The maximum atomic E-state index is 11.9. The number of likely N-dealkylation sites (N-methyl/N-ethyl adjacent to an activating group) is 1. The predicted molar refractivity (Wildman–Crippen MR) is 84.7 cm³/mol. The third kappa shape index (κ3) is 4.97. The lowest BCUT2D eigenvalue weighted by Crippen LogP contribution is -2.44. The van der Waals surface area contributed by atoms with Crippen molar-refractivity contribution in [2.24, 2.45) is 5.92 Å². The van der Waals surface area contributed by atoms with Crippen LogP contribution in [0.25, 0.3) is 0 Å². The van der Waals surface area contributed by atoms with Crippen LogP contribution in [-0.4, -0.2) is 19.0 Å². The van der Waals surface area contributed by atoms with Gasteiger partial charge in [-0.25, -0.2) is 0 Å². The van der Waals surface area contributed by atoms with Gasteiger partial charge in [-0.3, -0.25) is 10.1 Å². The molecule has 1 aromatic carbocycles. The first kappa shape index (κ1) is 16.7. The molecule has 0 fully saturated rings. The van der Waals surface area contributed by atoms with Gasteiger partial charge in [-0.1, -0.05) is 45.0 Å². The van der Waals surface area contributed by atoms with E-state index in [1.54, 1.807) is 7.05 Å². The fourth-order valence-corrected chi connectivity index (χ4v) is 2.34. The molecule has 0 heterocycles. The number of carbonyl (C=O) groups is 1. The van der Waals surface area contributed by atoms with E-state index in [-0.39, 0.29) is 18.0 Å². The van der Waals surface area contributed by atoms with E-state index in [1.807, 2.05) is 0 Å². The molecule has 3 nitrogen and oxygen atoms in total. The molecule has 0 aliphatic rings. The summed E-state index contributed by atoms with van der Waals surface area (Å²) in [7, 11) is 1.69. The van der Waals surface area contributed by atoms with Gasteiger partial charge in [-0.2, -0.15) is 0 Å². The van der Waals surface area contributed by atoms with Gasteiger partial charge in [0, 0.05) is 13.1 Å². The SMILES string of the molecule is CCc1ccc(C(C)NC(CC(C)C)C(=O)NC)cc1. The summed E-state index contributed by atoms with van der Waals surface area (Å²) in [5.74, 6) is 0.551. The second kappa shape index (κ2) is 8.05. The third-order valence-corrected chi connectivity index (χ3v) is 3.61. The minimum Gasteiger partial charge on any atom is -0.358 e. The molecule has 0 radical (unpaired) electrons. The largest absolute Gasteiger partial charge is 0.358 e. The Labute approximate surface area is 123 Å². The maximum absolute atomic E-state index is 11.9. The number of hydrogen-bond donors (Lipinski definition) is 2. The molecule has 0 aliphatic heterocycles. The van der Waals surface area contributed by atoms with Crippen LogP contribution in [0.5, 0.6) is 0 Å². The van der Waals surface area contributed by atoms with E-state index in [9.17, 15) is 4.79 Å². The van der Waals surface area contributed by atoms with Gasteiger partial charge in [0.05, 0.1) is 6.04 Å². The zero-order valence-corrected chi connectivity index (χ0v) is 13.4. The van der Waals surface area contributed by atoms with Gasteiger partial charge in [-0.15, -0.1) is 0 Å². The Bertz CT molecular complexity index is 412. The lowest BCUT2D eigenvalue weighted by Gasteiger charge is -2.24. The first-order valence-corrected chi connectivity index (χ1v) is 7.54. The van der Waals surface area contributed by atoms with E-state index in [1.165, 1.54) is 11.1 Å². The van der Waals surface area contributed by atoms with Gasteiger partial charge in [0.25, 0.3) is 0 Å². The van der Waals surface area contributed by atoms with Gasteiger partial charge >= 0.3 is 0 Å². The maximum Gasteiger partial charge on any atom is 0.236 e. The Hall–Kier alpha value is -1.35. The van der Waals surface area contributed by atoms with E-state index in [0.29, 0.717) is 5.92 Å². The number of hydrogen-bond acceptors (Lipinski definition) is 2. The van der Waals surface area contributed by atoms with Crippen LogP contribution < -0.4 is 10.6 Å². The molecule has 3 heteroatoms. The van der Waals surface area contributed by atoms with Gasteiger partial charge < -0.3 is 5.32 Å². The molecular weight excluding hydrogens is 248 g/mol. The lowest BCUT2D eigenvalue weighted by atomic mass is 10.00. The highest BCUT2D eigenvalue weighted by Gasteiger charge is 2.20. The summed E-state index contributed by atoms with van der Waals surface area (Å²) in [6.07, 6.45) is 1.90. The Morgan fingerprint density at radius 1 is 1.15 bits per heavy atom. The number of aryl methyl sites for hydroxylation is 1. The van der Waals surface area contributed by atoms with Gasteiger partial charge in [-0.05, 0) is 36.8 Å². The van der Waals surface area contributed by atoms with Crippen LogP contribution in [0.1, 0.15) is 51.3 Å². The van der Waals surface area contributed by atoms with Crippen molar-refractivity contribution in [1.82, 2.24) is 10.6 Å². The quantitative estimate of drug-likeness (QED) is 0.803. The van der Waals surface area contributed by atoms with E-state index < -0.39 is 0 Å². The molecule has 2 unspecified atom stereocenters. The van der Waals surface area contributed by atoms with Crippen molar-refractivity contribution in [3.63, 3.8) is 0 Å². The van der Waals surface area contributed by atoms with Crippen molar-refractivity contribution < 1.29 is 4.79 Å². The third-order valence-electron chi connectivity index (χ3n) is 3.61. The smallest absolute Gasteiger partial charge is 0.236 e. The fourth-order valence-electron chi connectivity index (χ4n) is 2.34. The van der Waals surface area contributed by atoms with Crippen LogP contribution >= 0.6 is 0 Å². The zero-order valence-electron chi connectivity index (χ0n) is 13.4.